The van der Waals surface area contributed by atoms with Crippen LogP contribution >= 0.6 is 0 Å². The van der Waals surface area contributed by atoms with Gasteiger partial charge in [-0.2, -0.15) is 0 Å². The van der Waals surface area contributed by atoms with E-state index in [4.69, 9.17) is 18.9 Å². The zero-order valence-electron chi connectivity index (χ0n) is 23.3. The molecule has 2 aromatic carbocycles. The fraction of sp³-hybridized carbons (Fsp3) is 0.367. The van der Waals surface area contributed by atoms with Crippen molar-refractivity contribution in [3.05, 3.63) is 71.8 Å². The number of aryl methyl sites for hydroxylation is 1. The molecular formula is C30H35N3O7. The van der Waals surface area contributed by atoms with Gasteiger partial charge in [0.25, 0.3) is 11.7 Å². The number of aliphatic hydroxyl groups excluding tert-OH is 1. The van der Waals surface area contributed by atoms with Gasteiger partial charge in [-0.3, -0.25) is 9.59 Å². The molecule has 0 aliphatic carbocycles. The zero-order chi connectivity index (χ0) is 28.6. The van der Waals surface area contributed by atoms with Crippen LogP contribution in [0.15, 0.2) is 60.7 Å². The summed E-state index contributed by atoms with van der Waals surface area (Å²) in [4.78, 5) is 32.4. The third-order valence-electron chi connectivity index (χ3n) is 6.79. The summed E-state index contributed by atoms with van der Waals surface area (Å²) in [5.74, 6) is -0.0638. The predicted molar refractivity (Wildman–Crippen MR) is 149 cm³/mol. The number of rotatable bonds is 13. The number of Topliss-reactive ketones (excluding diaryl/α,β-unsaturated/α-hetero) is 1. The van der Waals surface area contributed by atoms with Gasteiger partial charge in [0, 0.05) is 31.0 Å². The van der Waals surface area contributed by atoms with Crippen molar-refractivity contribution in [1.29, 1.82) is 0 Å². The molecule has 10 heteroatoms. The molecule has 1 saturated heterocycles. The second kappa shape index (κ2) is 13.1. The van der Waals surface area contributed by atoms with E-state index < -0.39 is 17.7 Å². The average molecular weight is 550 g/mol. The molecule has 212 valence electrons. The van der Waals surface area contributed by atoms with Crippen molar-refractivity contribution in [3.8, 4) is 23.0 Å². The minimum atomic E-state index is -0.888. The number of likely N-dealkylation sites (tertiary alicyclic amines) is 1. The number of aromatic nitrogens is 2. The van der Waals surface area contributed by atoms with Crippen LogP contribution in [0.2, 0.25) is 0 Å². The third-order valence-corrected chi connectivity index (χ3v) is 6.79. The maximum Gasteiger partial charge on any atom is 0.295 e. The van der Waals surface area contributed by atoms with Crippen molar-refractivity contribution in [2.75, 3.05) is 34.5 Å². The predicted octanol–water partition coefficient (Wildman–Crippen LogP) is 4.60. The van der Waals surface area contributed by atoms with Crippen LogP contribution in [-0.2, 0) is 16.1 Å². The number of ether oxygens (including phenoxy) is 4. The topological polar surface area (TPSA) is 112 Å². The van der Waals surface area contributed by atoms with Crippen molar-refractivity contribution in [2.45, 2.75) is 38.8 Å². The third kappa shape index (κ3) is 5.90. The summed E-state index contributed by atoms with van der Waals surface area (Å²) >= 11 is 0. The summed E-state index contributed by atoms with van der Waals surface area (Å²) in [6.45, 7) is 3.47. The first-order chi connectivity index (χ1) is 19.4. The molecular weight excluding hydrogens is 514 g/mol. The first kappa shape index (κ1) is 28.5. The van der Waals surface area contributed by atoms with Gasteiger partial charge in [-0.1, -0.05) is 25.5 Å². The van der Waals surface area contributed by atoms with E-state index in [1.807, 2.05) is 10.8 Å². The molecule has 1 aromatic heterocycles. The molecule has 10 nitrogen and oxygen atoms in total. The van der Waals surface area contributed by atoms with Crippen LogP contribution in [0.3, 0.4) is 0 Å². The highest BCUT2D eigenvalue weighted by Gasteiger charge is 2.46. The highest BCUT2D eigenvalue weighted by Crippen LogP contribution is 2.45. The van der Waals surface area contributed by atoms with Gasteiger partial charge in [-0.05, 0) is 42.7 Å². The number of imidazole rings is 1. The number of carbonyl (C=O) groups excluding carboxylic acids is 2. The number of nitrogens with zero attached hydrogens (tertiary/aromatic N) is 3. The van der Waals surface area contributed by atoms with Gasteiger partial charge in [-0.25, -0.2) is 4.98 Å². The van der Waals surface area contributed by atoms with Crippen LogP contribution in [0.5, 0.6) is 23.0 Å². The second-order valence-electron chi connectivity index (χ2n) is 9.34. The van der Waals surface area contributed by atoms with E-state index in [-0.39, 0.29) is 17.9 Å². The maximum absolute atomic E-state index is 13.5. The smallest absolute Gasteiger partial charge is 0.295 e. The molecule has 0 bridgehead atoms. The van der Waals surface area contributed by atoms with Crippen molar-refractivity contribution in [1.82, 2.24) is 14.5 Å². The summed E-state index contributed by atoms with van der Waals surface area (Å²) in [6.07, 6.45) is 7.65. The standard InChI is InChI=1S/C30H35N3O7/c1-5-6-15-40-22-10-7-9-20(16-22)27(34)25-26(21-17-23(37-2)29(39-4)24(18-21)38-3)33(30(36)28(25)35)13-8-12-32-14-11-31-19-32/h7,9-11,14,16-19,26,34H,5-6,8,12-13,15H2,1-4H3/b27-25+. The lowest BCUT2D eigenvalue weighted by molar-refractivity contribution is -0.139. The molecule has 1 atom stereocenters. The fourth-order valence-electron chi connectivity index (χ4n) is 4.78. The lowest BCUT2D eigenvalue weighted by atomic mass is 9.94. The lowest BCUT2D eigenvalue weighted by Crippen LogP contribution is -2.31. The summed E-state index contributed by atoms with van der Waals surface area (Å²) in [7, 11) is 4.48. The van der Waals surface area contributed by atoms with Crippen molar-refractivity contribution < 1.29 is 33.6 Å². The zero-order valence-corrected chi connectivity index (χ0v) is 23.3. The lowest BCUT2D eigenvalue weighted by Gasteiger charge is -2.26. The van der Waals surface area contributed by atoms with E-state index in [9.17, 15) is 14.7 Å². The molecule has 1 fully saturated rings. The summed E-state index contributed by atoms with van der Waals surface area (Å²) in [5.41, 5.74) is 0.892. The number of benzene rings is 2. The minimum absolute atomic E-state index is 0.0207. The van der Waals surface area contributed by atoms with E-state index in [0.717, 1.165) is 12.8 Å². The van der Waals surface area contributed by atoms with Crippen molar-refractivity contribution in [3.63, 3.8) is 0 Å². The summed E-state index contributed by atoms with van der Waals surface area (Å²) in [6, 6.07) is 9.38. The van der Waals surface area contributed by atoms with Crippen LogP contribution in [0.4, 0.5) is 0 Å². The Bertz CT molecular complexity index is 1340. The molecule has 0 radical (unpaired) electrons. The molecule has 0 spiro atoms. The Morgan fingerprint density at radius 3 is 2.38 bits per heavy atom. The first-order valence-corrected chi connectivity index (χ1v) is 13.2. The van der Waals surface area contributed by atoms with Crippen molar-refractivity contribution in [2.24, 2.45) is 0 Å². The van der Waals surface area contributed by atoms with Gasteiger partial charge in [0.1, 0.15) is 11.5 Å². The Morgan fingerprint density at radius 2 is 1.75 bits per heavy atom. The molecule has 1 unspecified atom stereocenters. The SMILES string of the molecule is CCCCOc1cccc(/C(O)=C2\C(=O)C(=O)N(CCCn3ccnc3)C2c2cc(OC)c(OC)c(OC)c2)c1. The molecule has 2 heterocycles. The number of unbranched alkanes of at least 4 members (excludes halogenated alkanes) is 1. The van der Waals surface area contributed by atoms with Gasteiger partial charge in [0.05, 0.1) is 45.9 Å². The van der Waals surface area contributed by atoms with Gasteiger partial charge >= 0.3 is 0 Å². The van der Waals surface area contributed by atoms with Gasteiger partial charge in [0.15, 0.2) is 11.5 Å². The maximum atomic E-state index is 13.5. The number of ketones is 1. The molecule has 3 aromatic rings. The first-order valence-electron chi connectivity index (χ1n) is 13.2. The highest BCUT2D eigenvalue weighted by molar-refractivity contribution is 6.46. The minimum Gasteiger partial charge on any atom is -0.507 e. The Morgan fingerprint density at radius 1 is 1.00 bits per heavy atom. The molecule has 40 heavy (non-hydrogen) atoms. The average Bonchev–Trinajstić information content (AvgIpc) is 3.58. The monoisotopic (exact) mass is 549 g/mol. The van der Waals surface area contributed by atoms with E-state index in [2.05, 4.69) is 11.9 Å². The molecule has 0 saturated carbocycles. The number of hydrogen-bond donors (Lipinski definition) is 1. The van der Waals surface area contributed by atoms with Crippen LogP contribution < -0.4 is 18.9 Å². The van der Waals surface area contributed by atoms with Gasteiger partial charge in [0.2, 0.25) is 5.75 Å². The number of hydrogen-bond acceptors (Lipinski definition) is 8. The van der Waals surface area contributed by atoms with Crippen LogP contribution in [0, 0.1) is 0 Å². The largest absolute Gasteiger partial charge is 0.507 e. The molecule has 1 aliphatic heterocycles. The molecule has 4 rings (SSSR count). The number of carbonyl (C=O) groups is 2. The van der Waals surface area contributed by atoms with Crippen LogP contribution in [-0.4, -0.2) is 65.7 Å². The van der Waals surface area contributed by atoms with E-state index >= 15 is 0 Å². The van der Waals surface area contributed by atoms with Crippen LogP contribution in [0.1, 0.15) is 43.4 Å². The second-order valence-corrected chi connectivity index (χ2v) is 9.34. The summed E-state index contributed by atoms with van der Waals surface area (Å²) < 4.78 is 24.3. The molecule has 1 aliphatic rings. The summed E-state index contributed by atoms with van der Waals surface area (Å²) in [5, 5.41) is 11.5. The fourth-order valence-corrected chi connectivity index (χ4v) is 4.78. The molecule has 1 amide bonds. The van der Waals surface area contributed by atoms with Crippen LogP contribution in [0.25, 0.3) is 5.76 Å². The van der Waals surface area contributed by atoms with Gasteiger partial charge < -0.3 is 33.5 Å². The Hall–Kier alpha value is -4.47. The van der Waals surface area contributed by atoms with E-state index in [0.29, 0.717) is 53.7 Å². The quantitative estimate of drug-likeness (QED) is 0.143. The van der Waals surface area contributed by atoms with E-state index in [1.165, 1.54) is 26.2 Å². The number of aliphatic hydroxyl groups is 1. The number of amides is 1. The number of methoxy groups -OCH3 is 3. The molecule has 1 N–H and O–H groups in total. The van der Waals surface area contributed by atoms with Crippen molar-refractivity contribution >= 4 is 17.4 Å². The highest BCUT2D eigenvalue weighted by atomic mass is 16.5. The van der Waals surface area contributed by atoms with E-state index in [1.54, 1.807) is 48.9 Å². The Balaban J connectivity index is 1.80. The Kier molecular flexibility index (Phi) is 9.31. The Labute approximate surface area is 233 Å². The normalized spacial score (nSPS) is 16.3. The van der Waals surface area contributed by atoms with Gasteiger partial charge in [-0.15, -0.1) is 0 Å².